The van der Waals surface area contributed by atoms with Gasteiger partial charge >= 0.3 is 18.3 Å². The Morgan fingerprint density at radius 2 is 1.38 bits per heavy atom. The molecule has 5 nitrogen and oxygen atoms in total. The highest BCUT2D eigenvalue weighted by atomic mass is 19.4. The Balaban J connectivity index is 2.49. The number of carbonyl (C=O) groups is 2. The summed E-state index contributed by atoms with van der Waals surface area (Å²) in [7, 11) is 0. The molecule has 0 aliphatic rings. The zero-order valence-corrected chi connectivity index (χ0v) is 14.6. The largest absolute Gasteiger partial charge is 0.493 e. The molecule has 0 radical (unpaired) electrons. The highest BCUT2D eigenvalue weighted by molar-refractivity contribution is 6.05. The van der Waals surface area contributed by atoms with Crippen molar-refractivity contribution in [1.82, 2.24) is 0 Å². The molecule has 156 valence electrons. The van der Waals surface area contributed by atoms with Crippen molar-refractivity contribution in [2.45, 2.75) is 19.3 Å². The van der Waals surface area contributed by atoms with Gasteiger partial charge in [-0.3, -0.25) is 4.79 Å². The molecule has 0 atom stereocenters. The smallest absolute Gasteiger partial charge is 0.420 e. The number of amides is 1. The van der Waals surface area contributed by atoms with Crippen LogP contribution in [0.2, 0.25) is 0 Å². The predicted molar refractivity (Wildman–Crippen MR) is 89.0 cm³/mol. The van der Waals surface area contributed by atoms with Crippen molar-refractivity contribution in [3.8, 4) is 5.75 Å². The van der Waals surface area contributed by atoms with Crippen LogP contribution >= 0.6 is 0 Å². The van der Waals surface area contributed by atoms with Crippen LogP contribution in [-0.4, -0.2) is 23.6 Å². The molecular formula is C18H13F6NO4. The van der Waals surface area contributed by atoms with Crippen LogP contribution in [0, 0.1) is 0 Å². The standard InChI is InChI=1S/C18H13F6NO4/c1-2-29-14-12(17(19,20)21)7-11(8-13(14)18(22,23)24)25-15(26)9-3-5-10(6-4-9)16(27)28/h3-8H,2H2,1H3,(H,25,26)(H,27,28). The molecule has 0 saturated heterocycles. The number of aromatic carboxylic acids is 1. The third-order valence-electron chi connectivity index (χ3n) is 3.64. The second-order valence-electron chi connectivity index (χ2n) is 5.67. The lowest BCUT2D eigenvalue weighted by Gasteiger charge is -2.20. The minimum absolute atomic E-state index is 0.152. The molecule has 0 aromatic heterocycles. The Hall–Kier alpha value is -3.24. The average Bonchev–Trinajstić information content (AvgIpc) is 2.61. The Labute approximate surface area is 159 Å². The van der Waals surface area contributed by atoms with Gasteiger partial charge in [0.2, 0.25) is 0 Å². The fraction of sp³-hybridized carbons (Fsp3) is 0.222. The lowest BCUT2D eigenvalue weighted by Crippen LogP contribution is -2.18. The summed E-state index contributed by atoms with van der Waals surface area (Å²) in [6.45, 7) is 0.796. The van der Waals surface area contributed by atoms with Crippen LogP contribution in [0.1, 0.15) is 38.8 Å². The maximum Gasteiger partial charge on any atom is 0.420 e. The van der Waals surface area contributed by atoms with Gasteiger partial charge in [0.25, 0.3) is 5.91 Å². The summed E-state index contributed by atoms with van der Waals surface area (Å²) in [6, 6.07) is 4.95. The van der Waals surface area contributed by atoms with Crippen LogP contribution in [0.4, 0.5) is 32.0 Å². The van der Waals surface area contributed by atoms with Crippen LogP contribution in [0.15, 0.2) is 36.4 Å². The van der Waals surface area contributed by atoms with Crippen LogP contribution in [0.3, 0.4) is 0 Å². The maximum atomic E-state index is 13.3. The van der Waals surface area contributed by atoms with Crippen molar-refractivity contribution >= 4 is 17.6 Å². The molecule has 0 aliphatic carbocycles. The van der Waals surface area contributed by atoms with Gasteiger partial charge in [-0.2, -0.15) is 26.3 Å². The summed E-state index contributed by atoms with van der Waals surface area (Å²) in [5.41, 5.74) is -4.44. The Bertz CT molecular complexity index is 884. The monoisotopic (exact) mass is 421 g/mol. The van der Waals surface area contributed by atoms with Crippen LogP contribution in [0.5, 0.6) is 5.75 Å². The van der Waals surface area contributed by atoms with Gasteiger partial charge in [0.15, 0.2) is 0 Å². The summed E-state index contributed by atoms with van der Waals surface area (Å²) in [5.74, 6) is -3.67. The van der Waals surface area contributed by atoms with Gasteiger partial charge in [0.1, 0.15) is 16.9 Å². The van der Waals surface area contributed by atoms with Crippen molar-refractivity contribution in [2.75, 3.05) is 11.9 Å². The number of alkyl halides is 6. The molecule has 0 bridgehead atoms. The number of carboxylic acids is 1. The number of carbonyl (C=O) groups excluding carboxylic acids is 1. The van der Waals surface area contributed by atoms with Crippen molar-refractivity contribution in [3.63, 3.8) is 0 Å². The molecule has 0 saturated carbocycles. The molecule has 0 aliphatic heterocycles. The Kier molecular flexibility index (Phi) is 6.10. The quantitative estimate of drug-likeness (QED) is 0.661. The Morgan fingerprint density at radius 1 is 0.931 bits per heavy atom. The SMILES string of the molecule is CCOc1c(C(F)(F)F)cc(NC(=O)c2ccc(C(=O)O)cc2)cc1C(F)(F)F. The first-order valence-corrected chi connectivity index (χ1v) is 7.94. The second kappa shape index (κ2) is 8.02. The van der Waals surface area contributed by atoms with Gasteiger partial charge in [-0.15, -0.1) is 0 Å². The van der Waals surface area contributed by atoms with Crippen molar-refractivity contribution in [1.29, 1.82) is 0 Å². The number of nitrogens with one attached hydrogen (secondary N) is 1. The minimum atomic E-state index is -5.17. The number of rotatable bonds is 5. The maximum absolute atomic E-state index is 13.3. The van der Waals surface area contributed by atoms with Gasteiger partial charge in [0, 0.05) is 11.3 Å². The zero-order chi connectivity index (χ0) is 22.0. The number of ether oxygens (including phenoxy) is 1. The van der Waals surface area contributed by atoms with E-state index in [-0.39, 0.29) is 11.1 Å². The molecule has 2 N–H and O–H groups in total. The first kappa shape index (κ1) is 22.1. The molecule has 0 unspecified atom stereocenters. The van der Waals surface area contributed by atoms with Gasteiger partial charge in [0.05, 0.1) is 12.2 Å². The fourth-order valence-corrected chi connectivity index (χ4v) is 2.39. The molecule has 0 fully saturated rings. The van der Waals surface area contributed by atoms with E-state index in [4.69, 9.17) is 5.11 Å². The lowest BCUT2D eigenvalue weighted by molar-refractivity contribution is -0.145. The summed E-state index contributed by atoms with van der Waals surface area (Å²) < 4.78 is 84.3. The van der Waals surface area contributed by atoms with Crippen molar-refractivity contribution < 1.29 is 45.8 Å². The van der Waals surface area contributed by atoms with E-state index in [0.717, 1.165) is 24.3 Å². The van der Waals surface area contributed by atoms with Gasteiger partial charge in [-0.25, -0.2) is 4.79 Å². The molecule has 29 heavy (non-hydrogen) atoms. The highest BCUT2D eigenvalue weighted by Crippen LogP contribution is 2.46. The van der Waals surface area contributed by atoms with Crippen molar-refractivity contribution in [2.24, 2.45) is 0 Å². The first-order chi connectivity index (χ1) is 13.3. The number of hydrogen-bond acceptors (Lipinski definition) is 3. The number of carboxylic acid groups (broad SMARTS) is 1. The molecule has 2 aromatic carbocycles. The van der Waals surface area contributed by atoms with Gasteiger partial charge in [-0.05, 0) is 43.3 Å². The topological polar surface area (TPSA) is 75.6 Å². The van der Waals surface area contributed by atoms with Crippen LogP contribution < -0.4 is 10.1 Å². The fourth-order valence-electron chi connectivity index (χ4n) is 2.39. The Morgan fingerprint density at radius 3 is 1.76 bits per heavy atom. The molecule has 1 amide bonds. The molecule has 2 rings (SSSR count). The van der Waals surface area contributed by atoms with E-state index in [2.05, 4.69) is 4.74 Å². The number of benzene rings is 2. The minimum Gasteiger partial charge on any atom is -0.493 e. The third-order valence-corrected chi connectivity index (χ3v) is 3.64. The van der Waals surface area contributed by atoms with E-state index in [1.807, 2.05) is 5.32 Å². The predicted octanol–water partition coefficient (Wildman–Crippen LogP) is 5.07. The van der Waals surface area contributed by atoms with Gasteiger partial charge in [-0.1, -0.05) is 0 Å². The summed E-state index contributed by atoms with van der Waals surface area (Å²) in [5, 5.41) is 10.8. The van der Waals surface area contributed by atoms with E-state index in [9.17, 15) is 35.9 Å². The number of halogens is 6. The lowest BCUT2D eigenvalue weighted by atomic mass is 10.1. The molecule has 11 heteroatoms. The van der Waals surface area contributed by atoms with E-state index < -0.39 is 53.4 Å². The summed E-state index contributed by atoms with van der Waals surface area (Å²) in [4.78, 5) is 23.0. The summed E-state index contributed by atoms with van der Waals surface area (Å²) in [6.07, 6.45) is -10.3. The highest BCUT2D eigenvalue weighted by Gasteiger charge is 2.42. The molecule has 0 heterocycles. The molecule has 2 aromatic rings. The summed E-state index contributed by atoms with van der Waals surface area (Å²) >= 11 is 0. The second-order valence-corrected chi connectivity index (χ2v) is 5.67. The van der Waals surface area contributed by atoms with Crippen LogP contribution in [0.25, 0.3) is 0 Å². The molecule has 0 spiro atoms. The first-order valence-electron chi connectivity index (χ1n) is 7.94. The van der Waals surface area contributed by atoms with Gasteiger partial charge < -0.3 is 15.2 Å². The van der Waals surface area contributed by atoms with Crippen molar-refractivity contribution in [3.05, 3.63) is 58.7 Å². The molecular weight excluding hydrogens is 408 g/mol. The van der Waals surface area contributed by atoms with E-state index in [1.165, 1.54) is 6.92 Å². The van der Waals surface area contributed by atoms with E-state index in [1.54, 1.807) is 0 Å². The number of hydrogen-bond donors (Lipinski definition) is 2. The number of anilines is 1. The third kappa shape index (κ3) is 5.18. The zero-order valence-electron chi connectivity index (χ0n) is 14.6. The van der Waals surface area contributed by atoms with E-state index >= 15 is 0 Å². The normalized spacial score (nSPS) is 11.8. The van der Waals surface area contributed by atoms with E-state index in [0.29, 0.717) is 12.1 Å². The van der Waals surface area contributed by atoms with Crippen LogP contribution in [-0.2, 0) is 12.4 Å². The average molecular weight is 421 g/mol.